The number of halogens is 1. The topological polar surface area (TPSA) is 75.4 Å². The van der Waals surface area contributed by atoms with Gasteiger partial charge < -0.3 is 10.0 Å². The number of likely N-dealkylation sites (tertiary alicyclic amines) is 1. The number of aryl methyl sites for hydroxylation is 1. The maximum absolute atomic E-state index is 13.8. The molecule has 0 radical (unpaired) electrons. The first kappa shape index (κ1) is 17.1. The largest absolute Gasteiger partial charge is 0.481 e. The third kappa shape index (κ3) is 3.40. The number of carbonyl (C=O) groups is 2. The summed E-state index contributed by atoms with van der Waals surface area (Å²) in [6.07, 6.45) is 3.99. The predicted octanol–water partition coefficient (Wildman–Crippen LogP) is 2.20. The van der Waals surface area contributed by atoms with Crippen LogP contribution in [0.4, 0.5) is 4.39 Å². The summed E-state index contributed by atoms with van der Waals surface area (Å²) in [5, 5.41) is 13.6. The molecule has 7 heteroatoms. The average molecular weight is 345 g/mol. The van der Waals surface area contributed by atoms with Gasteiger partial charge in [0.2, 0.25) is 0 Å². The molecular weight excluding hydrogens is 325 g/mol. The minimum Gasteiger partial charge on any atom is -0.481 e. The molecule has 6 nitrogen and oxygen atoms in total. The lowest BCUT2D eigenvalue weighted by molar-refractivity contribution is -0.143. The van der Waals surface area contributed by atoms with Crippen molar-refractivity contribution in [3.05, 3.63) is 53.1 Å². The van der Waals surface area contributed by atoms with E-state index in [1.807, 2.05) is 6.20 Å². The number of carboxylic acids is 1. The van der Waals surface area contributed by atoms with Crippen LogP contribution in [0, 0.1) is 18.7 Å². The van der Waals surface area contributed by atoms with Crippen LogP contribution < -0.4 is 0 Å². The third-order valence-electron chi connectivity index (χ3n) is 4.78. The van der Waals surface area contributed by atoms with Crippen LogP contribution in [0.25, 0.3) is 0 Å². The maximum atomic E-state index is 13.8. The van der Waals surface area contributed by atoms with Gasteiger partial charge in [-0.2, -0.15) is 5.10 Å². The van der Waals surface area contributed by atoms with Gasteiger partial charge >= 0.3 is 5.97 Å². The molecule has 1 fully saturated rings. The van der Waals surface area contributed by atoms with Gasteiger partial charge in [0.1, 0.15) is 5.82 Å². The van der Waals surface area contributed by atoms with Crippen molar-refractivity contribution in [2.24, 2.45) is 13.0 Å². The fraction of sp³-hybridized carbons (Fsp3) is 0.389. The van der Waals surface area contributed by atoms with Gasteiger partial charge in [-0.15, -0.1) is 0 Å². The molecule has 1 aromatic heterocycles. The number of carboxylic acid groups (broad SMARTS) is 1. The van der Waals surface area contributed by atoms with Gasteiger partial charge in [-0.05, 0) is 36.6 Å². The monoisotopic (exact) mass is 345 g/mol. The minimum atomic E-state index is -0.928. The van der Waals surface area contributed by atoms with E-state index in [2.05, 4.69) is 5.10 Å². The highest BCUT2D eigenvalue weighted by Gasteiger charge is 2.35. The molecule has 2 atom stereocenters. The molecule has 3 rings (SSSR count). The van der Waals surface area contributed by atoms with Crippen LogP contribution in [0.3, 0.4) is 0 Å². The van der Waals surface area contributed by atoms with Crippen LogP contribution in [-0.2, 0) is 11.8 Å². The van der Waals surface area contributed by atoms with E-state index < -0.39 is 17.7 Å². The Morgan fingerprint density at radius 2 is 2.08 bits per heavy atom. The third-order valence-corrected chi connectivity index (χ3v) is 4.78. The molecule has 1 N–H and O–H groups in total. The zero-order chi connectivity index (χ0) is 18.1. The molecule has 0 spiro atoms. The summed E-state index contributed by atoms with van der Waals surface area (Å²) in [4.78, 5) is 25.9. The van der Waals surface area contributed by atoms with E-state index >= 15 is 0 Å². The van der Waals surface area contributed by atoms with Crippen molar-refractivity contribution in [2.45, 2.75) is 19.3 Å². The van der Waals surface area contributed by atoms with E-state index in [0.29, 0.717) is 13.0 Å². The van der Waals surface area contributed by atoms with Crippen molar-refractivity contribution in [2.75, 3.05) is 13.1 Å². The summed E-state index contributed by atoms with van der Waals surface area (Å²) in [5.74, 6) is -2.47. The highest BCUT2D eigenvalue weighted by molar-refractivity contribution is 5.96. The van der Waals surface area contributed by atoms with Gasteiger partial charge in [0.05, 0.1) is 12.1 Å². The van der Waals surface area contributed by atoms with Crippen LogP contribution >= 0.6 is 0 Å². The summed E-state index contributed by atoms with van der Waals surface area (Å²) >= 11 is 0. The normalized spacial score (nSPS) is 20.5. The van der Waals surface area contributed by atoms with E-state index in [1.54, 1.807) is 30.9 Å². The number of nitrogens with zero attached hydrogens (tertiary/aromatic N) is 3. The summed E-state index contributed by atoms with van der Waals surface area (Å²) in [6, 6.07) is 4.37. The Morgan fingerprint density at radius 3 is 2.72 bits per heavy atom. The first-order valence-electron chi connectivity index (χ1n) is 8.12. The molecule has 1 saturated heterocycles. The Morgan fingerprint density at radius 1 is 1.32 bits per heavy atom. The molecule has 1 aliphatic rings. The second-order valence-corrected chi connectivity index (χ2v) is 6.54. The zero-order valence-corrected chi connectivity index (χ0v) is 14.1. The number of rotatable bonds is 3. The maximum Gasteiger partial charge on any atom is 0.308 e. The molecule has 2 heterocycles. The molecule has 0 bridgehead atoms. The lowest BCUT2D eigenvalue weighted by Crippen LogP contribution is -2.45. The van der Waals surface area contributed by atoms with Crippen LogP contribution in [0.1, 0.15) is 33.8 Å². The molecule has 2 unspecified atom stereocenters. The highest BCUT2D eigenvalue weighted by atomic mass is 19.1. The van der Waals surface area contributed by atoms with E-state index in [9.17, 15) is 19.1 Å². The SMILES string of the molecule is Cc1c(F)cccc1C(=O)N1CC(C(=O)O)CC(c2cnn(C)c2)C1. The molecule has 25 heavy (non-hydrogen) atoms. The standard InChI is InChI=1S/C18H20FN3O3/c1-11-15(4-3-5-16(11)19)17(23)22-9-12(6-13(10-22)18(24)25)14-7-20-21(2)8-14/h3-5,7-8,12-13H,6,9-10H2,1-2H3,(H,24,25). The number of aliphatic carboxylic acids is 1. The molecule has 0 aliphatic carbocycles. The molecule has 1 aromatic carbocycles. The van der Waals surface area contributed by atoms with Crippen LogP contribution in [-0.4, -0.2) is 44.8 Å². The Labute approximate surface area is 144 Å². The molecular formula is C18H20FN3O3. The van der Waals surface area contributed by atoms with E-state index in [-0.39, 0.29) is 29.5 Å². The van der Waals surface area contributed by atoms with Gasteiger partial charge in [-0.3, -0.25) is 14.3 Å². The van der Waals surface area contributed by atoms with Crippen molar-refractivity contribution in [1.82, 2.24) is 14.7 Å². The summed E-state index contributed by atoms with van der Waals surface area (Å²) in [6.45, 7) is 2.07. The first-order valence-corrected chi connectivity index (χ1v) is 8.12. The van der Waals surface area contributed by atoms with E-state index in [4.69, 9.17) is 0 Å². The van der Waals surface area contributed by atoms with Gasteiger partial charge in [0, 0.05) is 37.8 Å². The minimum absolute atomic E-state index is 0.110. The number of piperidine rings is 1. The Kier molecular flexibility index (Phi) is 4.57. The number of amides is 1. The Hall–Kier alpha value is -2.70. The molecule has 1 amide bonds. The summed E-state index contributed by atoms with van der Waals surface area (Å²) in [7, 11) is 1.79. The van der Waals surface area contributed by atoms with E-state index in [1.165, 1.54) is 17.0 Å². The van der Waals surface area contributed by atoms with Crippen molar-refractivity contribution < 1.29 is 19.1 Å². The van der Waals surface area contributed by atoms with Gasteiger partial charge in [0.15, 0.2) is 0 Å². The van der Waals surface area contributed by atoms with E-state index in [0.717, 1.165) is 5.56 Å². The average Bonchev–Trinajstić information content (AvgIpc) is 3.03. The summed E-state index contributed by atoms with van der Waals surface area (Å²) < 4.78 is 15.4. The number of aromatic nitrogens is 2. The van der Waals surface area contributed by atoms with Crippen molar-refractivity contribution in [3.63, 3.8) is 0 Å². The van der Waals surface area contributed by atoms with Crippen LogP contribution in [0.5, 0.6) is 0 Å². The number of benzene rings is 1. The molecule has 0 saturated carbocycles. The molecule has 2 aromatic rings. The molecule has 1 aliphatic heterocycles. The highest BCUT2D eigenvalue weighted by Crippen LogP contribution is 2.31. The van der Waals surface area contributed by atoms with Crippen LogP contribution in [0.2, 0.25) is 0 Å². The fourth-order valence-electron chi connectivity index (χ4n) is 3.35. The van der Waals surface area contributed by atoms with Crippen molar-refractivity contribution >= 4 is 11.9 Å². The predicted molar refractivity (Wildman–Crippen MR) is 88.7 cm³/mol. The second kappa shape index (κ2) is 6.66. The zero-order valence-electron chi connectivity index (χ0n) is 14.1. The van der Waals surface area contributed by atoms with Gasteiger partial charge in [-0.1, -0.05) is 6.07 Å². The number of carbonyl (C=O) groups excluding carboxylic acids is 1. The smallest absolute Gasteiger partial charge is 0.308 e. The lowest BCUT2D eigenvalue weighted by Gasteiger charge is -2.36. The second-order valence-electron chi connectivity index (χ2n) is 6.54. The quantitative estimate of drug-likeness (QED) is 0.925. The van der Waals surface area contributed by atoms with Crippen molar-refractivity contribution in [3.8, 4) is 0 Å². The Balaban J connectivity index is 1.90. The van der Waals surface area contributed by atoms with Crippen molar-refractivity contribution in [1.29, 1.82) is 0 Å². The number of hydrogen-bond acceptors (Lipinski definition) is 3. The Bertz CT molecular complexity index is 818. The fourth-order valence-corrected chi connectivity index (χ4v) is 3.35. The van der Waals surface area contributed by atoms with Gasteiger partial charge in [0.25, 0.3) is 5.91 Å². The first-order chi connectivity index (χ1) is 11.9. The van der Waals surface area contributed by atoms with Crippen LogP contribution in [0.15, 0.2) is 30.6 Å². The van der Waals surface area contributed by atoms with Gasteiger partial charge in [-0.25, -0.2) is 4.39 Å². The molecule has 132 valence electrons. The number of hydrogen-bond donors (Lipinski definition) is 1. The lowest BCUT2D eigenvalue weighted by atomic mass is 9.85. The summed E-state index contributed by atoms with van der Waals surface area (Å²) in [5.41, 5.74) is 1.46.